The summed E-state index contributed by atoms with van der Waals surface area (Å²) in [7, 11) is 1.30. The third-order valence-corrected chi connectivity index (χ3v) is 2.98. The van der Waals surface area contributed by atoms with E-state index in [1.807, 2.05) is 6.08 Å². The topological polar surface area (TPSA) is 68.9 Å². The van der Waals surface area contributed by atoms with Crippen LogP contribution >= 0.6 is 0 Å². The zero-order valence-electron chi connectivity index (χ0n) is 12.1. The maximum Gasteiger partial charge on any atom is 0.383 e. The maximum atomic E-state index is 11.7. The van der Waals surface area contributed by atoms with Crippen molar-refractivity contribution in [3.8, 4) is 17.2 Å². The number of hydrogen-bond donors (Lipinski definition) is 1. The zero-order valence-corrected chi connectivity index (χ0v) is 12.1. The first-order valence-electron chi connectivity index (χ1n) is 6.79. The van der Waals surface area contributed by atoms with Gasteiger partial charge in [-0.1, -0.05) is 25.1 Å². The van der Waals surface area contributed by atoms with Crippen LogP contribution in [0.1, 0.15) is 19.8 Å². The molecule has 5 nitrogen and oxygen atoms in total. The molecule has 2 aromatic rings. The molecule has 21 heavy (non-hydrogen) atoms. The van der Waals surface area contributed by atoms with Crippen LogP contribution in [0.25, 0.3) is 11.0 Å². The number of ether oxygens (including phenoxy) is 2. The van der Waals surface area contributed by atoms with Gasteiger partial charge in [-0.25, -0.2) is 4.79 Å². The molecule has 0 saturated heterocycles. The van der Waals surface area contributed by atoms with E-state index in [9.17, 15) is 9.90 Å². The SMILES string of the molecule is CCC=CCCOc1cccc2c(O)c(OC)c(=O)oc12. The lowest BCUT2D eigenvalue weighted by Crippen LogP contribution is -2.05. The van der Waals surface area contributed by atoms with Crippen LogP contribution in [0, 0.1) is 0 Å². The highest BCUT2D eigenvalue weighted by Gasteiger charge is 2.16. The molecule has 112 valence electrons. The van der Waals surface area contributed by atoms with Crippen molar-refractivity contribution >= 4 is 11.0 Å². The number of benzene rings is 1. The van der Waals surface area contributed by atoms with E-state index in [2.05, 4.69) is 13.0 Å². The van der Waals surface area contributed by atoms with Crippen molar-refractivity contribution in [1.82, 2.24) is 0 Å². The molecule has 0 aliphatic carbocycles. The van der Waals surface area contributed by atoms with Gasteiger partial charge >= 0.3 is 5.63 Å². The smallest absolute Gasteiger partial charge is 0.383 e. The molecule has 0 amide bonds. The van der Waals surface area contributed by atoms with Crippen molar-refractivity contribution in [3.63, 3.8) is 0 Å². The number of rotatable bonds is 6. The third kappa shape index (κ3) is 3.18. The fourth-order valence-electron chi connectivity index (χ4n) is 1.98. The van der Waals surface area contributed by atoms with Gasteiger partial charge in [0.05, 0.1) is 19.1 Å². The van der Waals surface area contributed by atoms with E-state index in [1.54, 1.807) is 18.2 Å². The summed E-state index contributed by atoms with van der Waals surface area (Å²) in [6.07, 6.45) is 5.83. The molecule has 1 N–H and O–H groups in total. The largest absolute Gasteiger partial charge is 0.504 e. The standard InChI is InChI=1S/C16H18O5/c1-3-4-5-6-10-20-12-9-7-8-11-13(17)15(19-2)16(18)21-14(11)12/h4-5,7-9,17H,3,6,10H2,1-2H3. The van der Waals surface area contributed by atoms with Crippen molar-refractivity contribution in [2.24, 2.45) is 0 Å². The Morgan fingerprint density at radius 3 is 2.86 bits per heavy atom. The normalized spacial score (nSPS) is 11.1. The summed E-state index contributed by atoms with van der Waals surface area (Å²) in [6.45, 7) is 2.53. The minimum absolute atomic E-state index is 0.203. The average molecular weight is 290 g/mol. The van der Waals surface area contributed by atoms with Crippen LogP contribution in [0.3, 0.4) is 0 Å². The predicted octanol–water partition coefficient (Wildman–Crippen LogP) is 3.24. The first-order valence-corrected chi connectivity index (χ1v) is 6.79. The molecule has 0 fully saturated rings. The molecule has 0 aliphatic rings. The number of methoxy groups -OCH3 is 1. The lowest BCUT2D eigenvalue weighted by molar-refractivity contribution is 0.317. The van der Waals surface area contributed by atoms with Gasteiger partial charge in [0.25, 0.3) is 0 Å². The van der Waals surface area contributed by atoms with Crippen LogP contribution in [0.5, 0.6) is 17.2 Å². The molecular formula is C16H18O5. The summed E-state index contributed by atoms with van der Waals surface area (Å²) < 4.78 is 15.6. The van der Waals surface area contributed by atoms with Gasteiger partial charge in [0.1, 0.15) is 0 Å². The van der Waals surface area contributed by atoms with Crippen LogP contribution in [-0.4, -0.2) is 18.8 Å². The summed E-state index contributed by atoms with van der Waals surface area (Å²) in [5.41, 5.74) is -0.510. The monoisotopic (exact) mass is 290 g/mol. The molecule has 0 bridgehead atoms. The summed E-state index contributed by atoms with van der Waals surface area (Å²) in [5.74, 6) is -0.0157. The average Bonchev–Trinajstić information content (AvgIpc) is 2.48. The van der Waals surface area contributed by atoms with Crippen LogP contribution < -0.4 is 15.1 Å². The molecule has 0 radical (unpaired) electrons. The fourth-order valence-corrected chi connectivity index (χ4v) is 1.98. The van der Waals surface area contributed by atoms with Crippen molar-refractivity contribution in [2.45, 2.75) is 19.8 Å². The Balaban J connectivity index is 2.33. The summed E-state index contributed by atoms with van der Waals surface area (Å²) in [6, 6.07) is 5.05. The van der Waals surface area contributed by atoms with Gasteiger partial charge in [-0.05, 0) is 25.0 Å². The van der Waals surface area contributed by atoms with Crippen molar-refractivity contribution in [2.75, 3.05) is 13.7 Å². The molecular weight excluding hydrogens is 272 g/mol. The molecule has 0 atom stereocenters. The Bertz CT molecular complexity index is 700. The van der Waals surface area contributed by atoms with Gasteiger partial charge in [-0.3, -0.25) is 0 Å². The first kappa shape index (κ1) is 15.0. The number of fused-ring (bicyclic) bond motifs is 1. The van der Waals surface area contributed by atoms with E-state index < -0.39 is 5.63 Å². The van der Waals surface area contributed by atoms with Crippen molar-refractivity contribution in [1.29, 1.82) is 0 Å². The van der Waals surface area contributed by atoms with E-state index in [1.165, 1.54) is 7.11 Å². The molecule has 0 spiro atoms. The molecule has 2 rings (SSSR count). The van der Waals surface area contributed by atoms with Gasteiger partial charge in [0, 0.05) is 0 Å². The summed E-state index contributed by atoms with van der Waals surface area (Å²) in [4.78, 5) is 11.7. The van der Waals surface area contributed by atoms with E-state index in [4.69, 9.17) is 13.9 Å². The molecule has 0 saturated carbocycles. The molecule has 1 aromatic carbocycles. The number of para-hydroxylation sites is 1. The summed E-state index contributed by atoms with van der Waals surface area (Å²) in [5, 5.41) is 10.4. The highest BCUT2D eigenvalue weighted by Crippen LogP contribution is 2.35. The second kappa shape index (κ2) is 6.83. The predicted molar refractivity (Wildman–Crippen MR) is 80.2 cm³/mol. The summed E-state index contributed by atoms with van der Waals surface area (Å²) >= 11 is 0. The molecule has 1 heterocycles. The minimum atomic E-state index is -0.732. The van der Waals surface area contributed by atoms with Gasteiger partial charge in [0.2, 0.25) is 5.75 Å². The maximum absolute atomic E-state index is 11.7. The molecule has 0 unspecified atom stereocenters. The first-order chi connectivity index (χ1) is 10.2. The second-order valence-electron chi connectivity index (χ2n) is 4.42. The Labute approximate surface area is 122 Å². The zero-order chi connectivity index (χ0) is 15.2. The number of allylic oxidation sites excluding steroid dienone is 1. The van der Waals surface area contributed by atoms with Gasteiger partial charge in [-0.15, -0.1) is 0 Å². The molecule has 5 heteroatoms. The van der Waals surface area contributed by atoms with Crippen molar-refractivity contribution in [3.05, 3.63) is 40.8 Å². The van der Waals surface area contributed by atoms with E-state index in [0.29, 0.717) is 17.7 Å². The Kier molecular flexibility index (Phi) is 4.87. The Morgan fingerprint density at radius 1 is 1.33 bits per heavy atom. The lowest BCUT2D eigenvalue weighted by atomic mass is 10.2. The van der Waals surface area contributed by atoms with Gasteiger partial charge in [-0.2, -0.15) is 0 Å². The van der Waals surface area contributed by atoms with Crippen LogP contribution in [0.4, 0.5) is 0 Å². The Hall–Kier alpha value is -2.43. The Morgan fingerprint density at radius 2 is 2.14 bits per heavy atom. The quantitative estimate of drug-likeness (QED) is 0.502. The lowest BCUT2D eigenvalue weighted by Gasteiger charge is -2.09. The third-order valence-electron chi connectivity index (χ3n) is 2.98. The molecule has 1 aromatic heterocycles. The number of aromatic hydroxyl groups is 1. The number of hydrogen-bond acceptors (Lipinski definition) is 5. The van der Waals surface area contributed by atoms with E-state index >= 15 is 0 Å². The van der Waals surface area contributed by atoms with Crippen LogP contribution in [0.15, 0.2) is 39.6 Å². The van der Waals surface area contributed by atoms with Crippen molar-refractivity contribution < 1.29 is 19.0 Å². The molecule has 0 aliphatic heterocycles. The van der Waals surface area contributed by atoms with E-state index in [0.717, 1.165) is 12.8 Å². The second-order valence-corrected chi connectivity index (χ2v) is 4.42. The highest BCUT2D eigenvalue weighted by atomic mass is 16.5. The van der Waals surface area contributed by atoms with Crippen LogP contribution in [0.2, 0.25) is 0 Å². The minimum Gasteiger partial charge on any atom is -0.504 e. The van der Waals surface area contributed by atoms with Gasteiger partial charge in [0.15, 0.2) is 17.1 Å². The van der Waals surface area contributed by atoms with Crippen LogP contribution in [-0.2, 0) is 0 Å². The van der Waals surface area contributed by atoms with Gasteiger partial charge < -0.3 is 19.0 Å². The van der Waals surface area contributed by atoms with E-state index in [-0.39, 0.29) is 17.1 Å². The highest BCUT2D eigenvalue weighted by molar-refractivity contribution is 5.89. The fraction of sp³-hybridized carbons (Fsp3) is 0.312.